The summed E-state index contributed by atoms with van der Waals surface area (Å²) in [4.78, 5) is 29.4. The van der Waals surface area contributed by atoms with Crippen LogP contribution in [-0.2, 0) is 4.79 Å². The van der Waals surface area contributed by atoms with Crippen LogP contribution in [-0.4, -0.2) is 68.3 Å². The average Bonchev–Trinajstić information content (AvgIpc) is 3.35. The number of aromatic nitrogens is 3. The molecule has 3 heterocycles. The zero-order valence-electron chi connectivity index (χ0n) is 22.5. The third-order valence-corrected chi connectivity index (χ3v) is 7.55. The van der Waals surface area contributed by atoms with Gasteiger partial charge in [-0.1, -0.05) is 0 Å². The molecular formula is C28H30F3N7O3. The van der Waals surface area contributed by atoms with Gasteiger partial charge in [-0.25, -0.2) is 17.7 Å². The third kappa shape index (κ3) is 6.12. The van der Waals surface area contributed by atoms with Crippen LogP contribution in [0.1, 0.15) is 49.0 Å². The molecule has 0 radical (unpaired) electrons. The highest BCUT2D eigenvalue weighted by molar-refractivity contribution is 6.00. The van der Waals surface area contributed by atoms with Crippen molar-refractivity contribution >= 4 is 23.0 Å². The second kappa shape index (κ2) is 10.7. The lowest BCUT2D eigenvalue weighted by Gasteiger charge is -2.37. The number of hydrogen-bond donors (Lipinski definition) is 4. The van der Waals surface area contributed by atoms with Crippen LogP contribution < -0.4 is 16.0 Å². The number of nitrogens with one attached hydrogen (secondary N) is 3. The van der Waals surface area contributed by atoms with E-state index >= 15 is 0 Å². The van der Waals surface area contributed by atoms with Gasteiger partial charge in [0.2, 0.25) is 5.91 Å². The molecule has 2 fully saturated rings. The molecule has 216 valence electrons. The van der Waals surface area contributed by atoms with Gasteiger partial charge in [-0.2, -0.15) is 10.4 Å². The number of amides is 2. The first kappa shape index (κ1) is 28.4. The van der Waals surface area contributed by atoms with Crippen LogP contribution in [0.15, 0.2) is 36.7 Å². The molecule has 2 aliphatic rings. The van der Waals surface area contributed by atoms with Crippen LogP contribution in [0.5, 0.6) is 0 Å². The number of nitriles is 1. The van der Waals surface area contributed by atoms with Crippen LogP contribution in [0.2, 0.25) is 0 Å². The summed E-state index contributed by atoms with van der Waals surface area (Å²) in [7, 11) is 0. The molecule has 10 nitrogen and oxygen atoms in total. The smallest absolute Gasteiger partial charge is 0.260 e. The van der Waals surface area contributed by atoms with Crippen molar-refractivity contribution in [2.75, 3.05) is 18.4 Å². The predicted molar refractivity (Wildman–Crippen MR) is 143 cm³/mol. The number of anilines is 1. The minimum absolute atomic E-state index is 0.0632. The third-order valence-electron chi connectivity index (χ3n) is 7.55. The van der Waals surface area contributed by atoms with Gasteiger partial charge in [-0.05, 0) is 56.9 Å². The van der Waals surface area contributed by atoms with Gasteiger partial charge in [0.25, 0.3) is 11.8 Å². The molecule has 2 saturated carbocycles. The van der Waals surface area contributed by atoms with Crippen molar-refractivity contribution in [3.63, 3.8) is 0 Å². The van der Waals surface area contributed by atoms with Crippen LogP contribution >= 0.6 is 0 Å². The predicted octanol–water partition coefficient (Wildman–Crippen LogP) is 3.07. The molecular weight excluding hydrogens is 539 g/mol. The van der Waals surface area contributed by atoms with Gasteiger partial charge < -0.3 is 21.1 Å². The number of carbonyl (C=O) groups excluding carboxylic acids is 2. The summed E-state index contributed by atoms with van der Waals surface area (Å²) in [6.07, 6.45) is 1.98. The Hall–Kier alpha value is -4.18. The van der Waals surface area contributed by atoms with Gasteiger partial charge in [0.05, 0.1) is 52.1 Å². The largest absolute Gasteiger partial charge is 0.387 e. The minimum atomic E-state index is -2.90. The molecule has 1 unspecified atom stereocenters. The highest BCUT2D eigenvalue weighted by atomic mass is 19.3. The van der Waals surface area contributed by atoms with Crippen molar-refractivity contribution in [2.45, 2.75) is 56.8 Å². The molecule has 2 atom stereocenters. The Morgan fingerprint density at radius 3 is 2.63 bits per heavy atom. The van der Waals surface area contributed by atoms with Gasteiger partial charge >= 0.3 is 0 Å². The molecule has 0 aromatic carbocycles. The van der Waals surface area contributed by atoms with E-state index in [-0.39, 0.29) is 17.5 Å². The van der Waals surface area contributed by atoms with Crippen LogP contribution in [0.3, 0.4) is 0 Å². The van der Waals surface area contributed by atoms with Crippen molar-refractivity contribution in [3.8, 4) is 17.5 Å². The second-order valence-electron chi connectivity index (χ2n) is 11.3. The highest BCUT2D eigenvalue weighted by Gasteiger charge is 2.61. The number of carbonyl (C=O) groups is 2. The topological polar surface area (TPSA) is 144 Å². The van der Waals surface area contributed by atoms with E-state index in [0.717, 1.165) is 0 Å². The zero-order valence-corrected chi connectivity index (χ0v) is 22.5. The van der Waals surface area contributed by atoms with Crippen molar-refractivity contribution in [1.82, 2.24) is 25.2 Å². The summed E-state index contributed by atoms with van der Waals surface area (Å²) in [6, 6.07) is 8.93. The summed E-state index contributed by atoms with van der Waals surface area (Å²) >= 11 is 0. The number of rotatable bonds is 10. The van der Waals surface area contributed by atoms with E-state index in [9.17, 15) is 27.9 Å². The fourth-order valence-corrected chi connectivity index (χ4v) is 4.78. The summed E-state index contributed by atoms with van der Waals surface area (Å²) in [6.45, 7) is 2.52. The van der Waals surface area contributed by atoms with E-state index in [2.05, 4.69) is 26.0 Å². The zero-order chi connectivity index (χ0) is 29.5. The first-order valence-corrected chi connectivity index (χ1v) is 13.3. The average molecular weight is 570 g/mol. The normalized spacial score (nSPS) is 21.8. The molecule has 2 amide bonds. The Kier molecular flexibility index (Phi) is 7.37. The summed E-state index contributed by atoms with van der Waals surface area (Å²) < 4.78 is 42.2. The fraction of sp³-hybridized carbons (Fsp3) is 0.464. The number of aliphatic hydroxyl groups is 1. The second-order valence-corrected chi connectivity index (χ2v) is 11.3. The van der Waals surface area contributed by atoms with Gasteiger partial charge in [0, 0.05) is 25.2 Å². The lowest BCUT2D eigenvalue weighted by Crippen LogP contribution is -2.43. The molecule has 13 heteroatoms. The van der Waals surface area contributed by atoms with E-state index in [1.54, 1.807) is 28.8 Å². The highest BCUT2D eigenvalue weighted by Crippen LogP contribution is 2.48. The Bertz CT molecular complexity index is 1520. The maximum absolute atomic E-state index is 14.3. The Balaban J connectivity index is 1.31. The SMILES string of the molecule is CC(C)(O)C(F)CNC(=O)c1cnc(-c2ccc3cc(C#N)cnn23)cc1NC1CC(CNC(=O)[C@H]2CC2(F)F)C1. The van der Waals surface area contributed by atoms with E-state index < -0.39 is 48.4 Å². The number of alkyl halides is 3. The Morgan fingerprint density at radius 2 is 1.98 bits per heavy atom. The Morgan fingerprint density at radius 1 is 1.24 bits per heavy atom. The molecule has 0 bridgehead atoms. The molecule has 41 heavy (non-hydrogen) atoms. The maximum atomic E-state index is 14.3. The van der Waals surface area contributed by atoms with Crippen molar-refractivity contribution in [1.29, 1.82) is 5.26 Å². The summed E-state index contributed by atoms with van der Waals surface area (Å²) in [5.41, 5.74) is 1.20. The lowest BCUT2D eigenvalue weighted by molar-refractivity contribution is -0.124. The molecule has 2 aliphatic carbocycles. The van der Waals surface area contributed by atoms with Gasteiger partial charge in [0.15, 0.2) is 0 Å². The summed E-state index contributed by atoms with van der Waals surface area (Å²) in [5.74, 6) is -5.26. The molecule has 3 aromatic heterocycles. The molecule has 4 N–H and O–H groups in total. The van der Waals surface area contributed by atoms with Crippen molar-refractivity contribution in [3.05, 3.63) is 47.8 Å². The van der Waals surface area contributed by atoms with E-state index in [0.29, 0.717) is 47.5 Å². The molecule has 0 saturated heterocycles. The van der Waals surface area contributed by atoms with E-state index in [1.165, 1.54) is 26.2 Å². The molecule has 0 aliphatic heterocycles. The van der Waals surface area contributed by atoms with Crippen molar-refractivity contribution in [2.24, 2.45) is 11.8 Å². The first-order valence-electron chi connectivity index (χ1n) is 13.3. The van der Waals surface area contributed by atoms with Gasteiger partial charge in [0.1, 0.15) is 18.2 Å². The number of hydrogen-bond acceptors (Lipinski definition) is 7. The number of fused-ring (bicyclic) bond motifs is 1. The van der Waals surface area contributed by atoms with E-state index in [4.69, 9.17) is 5.26 Å². The van der Waals surface area contributed by atoms with Gasteiger partial charge in [-0.15, -0.1) is 0 Å². The van der Waals surface area contributed by atoms with Crippen LogP contribution in [0.25, 0.3) is 16.9 Å². The maximum Gasteiger partial charge on any atom is 0.260 e. The number of pyridine rings is 1. The number of halogens is 3. The lowest BCUT2D eigenvalue weighted by atomic mass is 9.80. The summed E-state index contributed by atoms with van der Waals surface area (Å²) in [5, 5.41) is 31.8. The first-order chi connectivity index (χ1) is 19.4. The Labute approximate surface area is 233 Å². The quantitative estimate of drug-likeness (QED) is 0.294. The minimum Gasteiger partial charge on any atom is -0.387 e. The molecule has 0 spiro atoms. The van der Waals surface area contributed by atoms with E-state index in [1.807, 2.05) is 6.07 Å². The van der Waals surface area contributed by atoms with Crippen molar-refractivity contribution < 1.29 is 27.9 Å². The molecule has 5 rings (SSSR count). The fourth-order valence-electron chi connectivity index (χ4n) is 4.78. The standard InChI is InChI=1S/C28H30F3N7O3/c1-27(2,41)24(29)14-35-25(39)19-13-33-22(23-4-3-18-7-16(10-32)12-36-38(18)23)8-21(19)37-17-5-15(6-17)11-34-26(40)20-9-28(20,30)31/h3-4,7-8,12-13,15,17,20,24,41H,5-6,9,11,14H2,1-2H3,(H,33,37)(H,34,40)(H,35,39)/t15?,17?,20-,24?/m1/s1. The van der Waals surface area contributed by atoms with Gasteiger partial charge in [-0.3, -0.25) is 14.6 Å². The molecule has 3 aromatic rings. The van der Waals surface area contributed by atoms with Crippen LogP contribution in [0.4, 0.5) is 18.9 Å². The number of nitrogens with zero attached hydrogens (tertiary/aromatic N) is 4. The van der Waals surface area contributed by atoms with Crippen LogP contribution in [0, 0.1) is 23.2 Å². The monoisotopic (exact) mass is 569 g/mol.